The van der Waals surface area contributed by atoms with Crippen molar-refractivity contribution >= 4 is 44.8 Å². The number of anilines is 1. The van der Waals surface area contributed by atoms with Crippen molar-refractivity contribution in [3.63, 3.8) is 0 Å². The predicted molar refractivity (Wildman–Crippen MR) is 126 cm³/mol. The number of nitrogens with zero attached hydrogens (tertiary/aromatic N) is 2. The molecule has 32 heavy (non-hydrogen) atoms. The molecule has 0 bridgehead atoms. The van der Waals surface area contributed by atoms with Gasteiger partial charge in [0.05, 0.1) is 24.4 Å². The Balaban J connectivity index is 0.000000427. The summed E-state index contributed by atoms with van der Waals surface area (Å²) in [5.74, 6) is 0.931. The molecule has 2 aromatic carbocycles. The molecule has 2 heterocycles. The molecule has 0 N–H and O–H groups in total. The first kappa shape index (κ1) is 24.1. The van der Waals surface area contributed by atoms with Crippen molar-refractivity contribution in [1.29, 1.82) is 0 Å². The summed E-state index contributed by atoms with van der Waals surface area (Å²) in [7, 11) is 0.659. The van der Waals surface area contributed by atoms with Gasteiger partial charge in [-0.05, 0) is 44.2 Å². The maximum absolute atomic E-state index is 9.22. The van der Waals surface area contributed by atoms with Crippen LogP contribution in [0, 0.1) is 6.92 Å². The monoisotopic (exact) mass is 474 g/mol. The molecule has 9 heteroatoms. The number of rotatable bonds is 4. The van der Waals surface area contributed by atoms with Gasteiger partial charge in [0.15, 0.2) is 0 Å². The van der Waals surface area contributed by atoms with Crippen LogP contribution in [0.3, 0.4) is 0 Å². The normalized spacial score (nSPS) is 14.3. The molecule has 0 atom stereocenters. The fourth-order valence-electron chi connectivity index (χ4n) is 3.50. The quantitative estimate of drug-likeness (QED) is 0.321. The van der Waals surface area contributed by atoms with E-state index < -0.39 is 10.4 Å². The summed E-state index contributed by atoms with van der Waals surface area (Å²) in [5, 5.41) is 2.49. The fraction of sp³-hybridized carbons (Fsp3) is 0.261. The van der Waals surface area contributed by atoms with Crippen molar-refractivity contribution in [2.24, 2.45) is 7.05 Å². The molecule has 1 aliphatic rings. The van der Waals surface area contributed by atoms with Gasteiger partial charge in [0, 0.05) is 35.0 Å². The Morgan fingerprint density at radius 2 is 1.91 bits per heavy atom. The summed E-state index contributed by atoms with van der Waals surface area (Å²) >= 11 is 1.79. The van der Waals surface area contributed by atoms with Crippen LogP contribution in [0.25, 0.3) is 17.0 Å². The summed E-state index contributed by atoms with van der Waals surface area (Å²) in [6.45, 7) is 4.87. The number of benzene rings is 2. The van der Waals surface area contributed by atoms with Crippen LogP contribution in [-0.4, -0.2) is 33.7 Å². The molecule has 0 unspecified atom stereocenters. The molecule has 0 amide bonds. The second-order valence-electron chi connectivity index (χ2n) is 7.11. The average Bonchev–Trinajstić information content (AvgIpc) is 3.05. The van der Waals surface area contributed by atoms with E-state index in [2.05, 4.69) is 83.2 Å². The summed E-state index contributed by atoms with van der Waals surface area (Å²) in [4.78, 5) is 3.49. The van der Waals surface area contributed by atoms with Crippen molar-refractivity contribution in [2.75, 3.05) is 25.7 Å². The second kappa shape index (κ2) is 9.91. The molecular formula is C23H26N2O5S2. The van der Waals surface area contributed by atoms with Crippen molar-refractivity contribution < 1.29 is 26.5 Å². The maximum atomic E-state index is 9.22. The van der Waals surface area contributed by atoms with E-state index >= 15 is 0 Å². The van der Waals surface area contributed by atoms with Crippen molar-refractivity contribution in [3.8, 4) is 5.75 Å². The van der Waals surface area contributed by atoms with Crippen LogP contribution in [-0.2, 0) is 21.6 Å². The van der Waals surface area contributed by atoms with Gasteiger partial charge in [-0.2, -0.15) is 4.57 Å². The topological polar surface area (TPSA) is 82.8 Å². The maximum Gasteiger partial charge on any atom is 0.217 e. The number of thioether (sulfide) groups is 1. The number of pyridine rings is 1. The molecule has 0 spiro atoms. The van der Waals surface area contributed by atoms with E-state index in [0.29, 0.717) is 6.61 Å². The van der Waals surface area contributed by atoms with Crippen LogP contribution >= 0.6 is 11.8 Å². The van der Waals surface area contributed by atoms with E-state index in [9.17, 15) is 13.0 Å². The second-order valence-corrected chi connectivity index (χ2v) is 9.32. The number of aryl methyl sites for hydroxylation is 2. The van der Waals surface area contributed by atoms with Crippen molar-refractivity contribution in [2.45, 2.75) is 18.7 Å². The molecule has 170 valence electrons. The minimum absolute atomic E-state index is 0.689. The molecule has 4 rings (SSSR count). The first-order chi connectivity index (χ1) is 15.1. The Kier molecular flexibility index (Phi) is 7.45. The highest BCUT2D eigenvalue weighted by Gasteiger charge is 2.24. The molecule has 0 saturated heterocycles. The smallest absolute Gasteiger partial charge is 0.217 e. The van der Waals surface area contributed by atoms with Gasteiger partial charge in [0.25, 0.3) is 0 Å². The molecule has 3 aromatic rings. The van der Waals surface area contributed by atoms with E-state index in [0.717, 1.165) is 12.9 Å². The number of hydrogen-bond donors (Lipinski definition) is 0. The van der Waals surface area contributed by atoms with E-state index in [4.69, 9.17) is 4.74 Å². The van der Waals surface area contributed by atoms with Crippen LogP contribution in [0.2, 0.25) is 0 Å². The van der Waals surface area contributed by atoms with E-state index in [1.165, 1.54) is 37.8 Å². The standard InChI is InChI=1S/C22H23N2OS.CH4O4S/c1-5-25-18-11-12-19-20(14-18)26-21(24(19)4)13-17-10-9-16-8-6-7-15(2)22(16)23(17)3;1-5-6(2,3)4/h6-14H,5H2,1-4H3;1H3,(H,2,3,4)/q+1;/p-1. The molecule has 1 aromatic heterocycles. The van der Waals surface area contributed by atoms with Gasteiger partial charge >= 0.3 is 0 Å². The van der Waals surface area contributed by atoms with Gasteiger partial charge in [-0.15, -0.1) is 0 Å². The Labute approximate surface area is 193 Å². The lowest BCUT2D eigenvalue weighted by Crippen LogP contribution is -2.33. The lowest BCUT2D eigenvalue weighted by Gasteiger charge is -2.13. The highest BCUT2D eigenvalue weighted by Crippen LogP contribution is 2.47. The number of aromatic nitrogens is 1. The van der Waals surface area contributed by atoms with Crippen LogP contribution in [0.1, 0.15) is 18.2 Å². The minimum atomic E-state index is -4.41. The van der Waals surface area contributed by atoms with E-state index in [1.807, 2.05) is 13.0 Å². The highest BCUT2D eigenvalue weighted by atomic mass is 32.3. The number of para-hydroxylation sites is 1. The Morgan fingerprint density at radius 3 is 2.56 bits per heavy atom. The van der Waals surface area contributed by atoms with Crippen LogP contribution in [0.15, 0.2) is 58.5 Å². The zero-order valence-electron chi connectivity index (χ0n) is 18.7. The molecule has 0 aliphatic carbocycles. The summed E-state index contributed by atoms with van der Waals surface area (Å²) in [5.41, 5.74) is 4.99. The third-order valence-corrected chi connectivity index (χ3v) is 6.61. The first-order valence-corrected chi connectivity index (χ1v) is 12.1. The van der Waals surface area contributed by atoms with Gasteiger partial charge in [0.2, 0.25) is 21.6 Å². The predicted octanol–water partition coefficient (Wildman–Crippen LogP) is 4.00. The lowest BCUT2D eigenvalue weighted by molar-refractivity contribution is -0.647. The van der Waals surface area contributed by atoms with Gasteiger partial charge < -0.3 is 14.2 Å². The van der Waals surface area contributed by atoms with Crippen LogP contribution < -0.4 is 14.2 Å². The fourth-order valence-corrected chi connectivity index (χ4v) is 4.62. The summed E-state index contributed by atoms with van der Waals surface area (Å²) in [6, 6.07) is 17.2. The van der Waals surface area contributed by atoms with Crippen LogP contribution in [0.5, 0.6) is 5.75 Å². The van der Waals surface area contributed by atoms with E-state index in [1.54, 1.807) is 11.8 Å². The minimum Gasteiger partial charge on any atom is -0.726 e. The molecule has 0 radical (unpaired) electrons. The highest BCUT2D eigenvalue weighted by molar-refractivity contribution is 8.03. The van der Waals surface area contributed by atoms with Crippen molar-refractivity contribution in [1.82, 2.24) is 0 Å². The third kappa shape index (κ3) is 5.42. The van der Waals surface area contributed by atoms with Gasteiger partial charge in [-0.25, -0.2) is 8.42 Å². The van der Waals surface area contributed by atoms with Gasteiger partial charge in [-0.1, -0.05) is 23.9 Å². The first-order valence-electron chi connectivity index (χ1n) is 9.94. The zero-order chi connectivity index (χ0) is 23.5. The van der Waals surface area contributed by atoms with Gasteiger partial charge in [-0.3, -0.25) is 4.18 Å². The van der Waals surface area contributed by atoms with Crippen molar-refractivity contribution in [3.05, 3.63) is 64.8 Å². The molecule has 7 nitrogen and oxygen atoms in total. The lowest BCUT2D eigenvalue weighted by atomic mass is 10.1. The average molecular weight is 475 g/mol. The number of fused-ring (bicyclic) bond motifs is 2. The molecular weight excluding hydrogens is 448 g/mol. The Morgan fingerprint density at radius 1 is 1.19 bits per heavy atom. The van der Waals surface area contributed by atoms with Crippen LogP contribution in [0.4, 0.5) is 5.69 Å². The third-order valence-electron chi connectivity index (χ3n) is 5.05. The SMILES string of the molecule is CCOc1ccc2c(c1)S/C(=C\c1ccc3cccc(C)c3[n+]1C)N2C.COS(=O)(=O)[O-]. The summed E-state index contributed by atoms with van der Waals surface area (Å²) < 4.78 is 38.9. The number of ether oxygens (including phenoxy) is 1. The van der Waals surface area contributed by atoms with Gasteiger partial charge in [0.1, 0.15) is 12.8 Å². The molecule has 0 saturated carbocycles. The molecule has 0 fully saturated rings. The largest absolute Gasteiger partial charge is 0.726 e. The Bertz CT molecular complexity index is 1270. The summed E-state index contributed by atoms with van der Waals surface area (Å²) in [6.07, 6.45) is 2.26. The van der Waals surface area contributed by atoms with E-state index in [-0.39, 0.29) is 0 Å². The number of hydrogen-bond acceptors (Lipinski definition) is 7. The molecule has 1 aliphatic heterocycles. The zero-order valence-corrected chi connectivity index (χ0v) is 20.3. The Hall–Kier alpha value is -2.59.